The number of nitrogens with zero attached hydrogens (tertiary/aromatic N) is 1. The highest BCUT2D eigenvalue weighted by Crippen LogP contribution is 2.18. The Labute approximate surface area is 138 Å². The van der Waals surface area contributed by atoms with Crippen LogP contribution in [0.4, 0.5) is 0 Å². The van der Waals surface area contributed by atoms with Gasteiger partial charge in [0.05, 0.1) is 0 Å². The zero-order valence-corrected chi connectivity index (χ0v) is 14.8. The van der Waals surface area contributed by atoms with Gasteiger partial charge in [0, 0.05) is 28.5 Å². The molecule has 4 heteroatoms. The number of halogens is 1. The summed E-state index contributed by atoms with van der Waals surface area (Å²) in [6.45, 7) is 2.60. The van der Waals surface area contributed by atoms with Crippen molar-refractivity contribution in [3.05, 3.63) is 63.6 Å². The Balaban J connectivity index is 2.11. The number of aryl methyl sites for hydroxylation is 1. The number of benzene rings is 2. The Hall–Kier alpha value is -1.26. The molecule has 0 fully saturated rings. The topological polar surface area (TPSA) is 20.3 Å². The second-order valence-electron chi connectivity index (χ2n) is 5.03. The van der Waals surface area contributed by atoms with E-state index >= 15 is 0 Å². The van der Waals surface area contributed by atoms with Gasteiger partial charge in [0.25, 0.3) is 5.91 Å². The lowest BCUT2D eigenvalue weighted by molar-refractivity contribution is 0.0785. The molecule has 2 nitrogen and oxygen atoms in total. The number of thioether (sulfide) groups is 1. The molecule has 2 aromatic rings. The van der Waals surface area contributed by atoms with Crippen LogP contribution in [0.15, 0.2) is 51.8 Å². The molecule has 0 aliphatic carbocycles. The number of amides is 1. The first-order valence-corrected chi connectivity index (χ1v) is 8.67. The average Bonchev–Trinajstić information content (AvgIpc) is 2.46. The maximum atomic E-state index is 12.5. The first kappa shape index (κ1) is 16.1. The van der Waals surface area contributed by atoms with Gasteiger partial charge in [-0.3, -0.25) is 4.79 Å². The highest BCUT2D eigenvalue weighted by molar-refractivity contribution is 9.10. The van der Waals surface area contributed by atoms with Gasteiger partial charge in [-0.2, -0.15) is 0 Å². The van der Waals surface area contributed by atoms with Crippen LogP contribution in [0.3, 0.4) is 0 Å². The molecule has 0 aliphatic rings. The van der Waals surface area contributed by atoms with Gasteiger partial charge in [0.15, 0.2) is 0 Å². The van der Waals surface area contributed by atoms with Gasteiger partial charge in [-0.05, 0) is 54.6 Å². The Morgan fingerprint density at radius 2 is 1.86 bits per heavy atom. The summed E-state index contributed by atoms with van der Waals surface area (Å²) in [6.07, 6.45) is 2.06. The summed E-state index contributed by atoms with van der Waals surface area (Å²) in [5.74, 6) is 0.0355. The number of carbonyl (C=O) groups is 1. The second-order valence-corrected chi connectivity index (χ2v) is 6.82. The van der Waals surface area contributed by atoms with E-state index in [2.05, 4.69) is 46.5 Å². The van der Waals surface area contributed by atoms with Crippen molar-refractivity contribution in [2.75, 3.05) is 13.3 Å². The van der Waals surface area contributed by atoms with Crippen LogP contribution in [-0.4, -0.2) is 24.1 Å². The van der Waals surface area contributed by atoms with Crippen molar-refractivity contribution < 1.29 is 4.79 Å². The monoisotopic (exact) mass is 363 g/mol. The molecule has 0 aromatic heterocycles. The summed E-state index contributed by atoms with van der Waals surface area (Å²) in [5, 5.41) is 0. The van der Waals surface area contributed by atoms with Crippen LogP contribution in [0.2, 0.25) is 0 Å². The zero-order valence-electron chi connectivity index (χ0n) is 12.4. The quantitative estimate of drug-likeness (QED) is 0.730. The standard InChI is InChI=1S/C17H18BrNOS/c1-12-8-14(10-15(18)9-12)17(20)19(2)11-13-4-6-16(21-3)7-5-13/h4-10H,11H2,1-3H3. The van der Waals surface area contributed by atoms with Crippen LogP contribution in [-0.2, 0) is 6.54 Å². The van der Waals surface area contributed by atoms with Gasteiger partial charge in [-0.1, -0.05) is 28.1 Å². The van der Waals surface area contributed by atoms with E-state index in [1.54, 1.807) is 16.7 Å². The minimum atomic E-state index is 0.0355. The molecule has 0 aliphatic heterocycles. The number of rotatable bonds is 4. The van der Waals surface area contributed by atoms with Crippen LogP contribution in [0.5, 0.6) is 0 Å². The Bertz CT molecular complexity index is 619. The van der Waals surface area contributed by atoms with Crippen LogP contribution < -0.4 is 0 Å². The van der Waals surface area contributed by atoms with Gasteiger partial charge in [-0.25, -0.2) is 0 Å². The van der Waals surface area contributed by atoms with Crippen LogP contribution in [0.1, 0.15) is 21.5 Å². The van der Waals surface area contributed by atoms with Crippen LogP contribution in [0.25, 0.3) is 0 Å². The Morgan fingerprint density at radius 3 is 2.43 bits per heavy atom. The van der Waals surface area contributed by atoms with E-state index in [1.807, 2.05) is 32.2 Å². The first-order valence-electron chi connectivity index (χ1n) is 6.65. The number of hydrogen-bond donors (Lipinski definition) is 0. The molecule has 21 heavy (non-hydrogen) atoms. The fourth-order valence-electron chi connectivity index (χ4n) is 2.16. The molecule has 2 rings (SSSR count). The molecule has 0 saturated carbocycles. The highest BCUT2D eigenvalue weighted by atomic mass is 79.9. The fraction of sp³-hybridized carbons (Fsp3) is 0.235. The lowest BCUT2D eigenvalue weighted by Gasteiger charge is -2.18. The molecular weight excluding hydrogens is 346 g/mol. The van der Waals surface area contributed by atoms with E-state index in [0.717, 1.165) is 15.6 Å². The summed E-state index contributed by atoms with van der Waals surface area (Å²) in [5.41, 5.74) is 2.92. The summed E-state index contributed by atoms with van der Waals surface area (Å²) < 4.78 is 0.934. The van der Waals surface area contributed by atoms with E-state index in [1.165, 1.54) is 4.90 Å². The smallest absolute Gasteiger partial charge is 0.253 e. The normalized spacial score (nSPS) is 10.5. The van der Waals surface area contributed by atoms with Gasteiger partial charge in [-0.15, -0.1) is 11.8 Å². The molecule has 0 unspecified atom stereocenters. The largest absolute Gasteiger partial charge is 0.337 e. The van der Waals surface area contributed by atoms with Crippen molar-refractivity contribution >= 4 is 33.6 Å². The lowest BCUT2D eigenvalue weighted by atomic mass is 10.1. The van der Waals surface area contributed by atoms with E-state index in [-0.39, 0.29) is 5.91 Å². The van der Waals surface area contributed by atoms with Gasteiger partial charge < -0.3 is 4.90 Å². The predicted octanol–water partition coefficient (Wildman–Crippen LogP) is 4.75. The minimum Gasteiger partial charge on any atom is -0.337 e. The first-order chi connectivity index (χ1) is 9.99. The van der Waals surface area contributed by atoms with Crippen molar-refractivity contribution in [2.24, 2.45) is 0 Å². The maximum Gasteiger partial charge on any atom is 0.253 e. The molecular formula is C17H18BrNOS. The van der Waals surface area contributed by atoms with Gasteiger partial charge >= 0.3 is 0 Å². The molecule has 2 aromatic carbocycles. The van der Waals surface area contributed by atoms with Crippen molar-refractivity contribution in [2.45, 2.75) is 18.4 Å². The Kier molecular flexibility index (Phi) is 5.48. The van der Waals surface area contributed by atoms with Crippen LogP contribution in [0, 0.1) is 6.92 Å². The summed E-state index contributed by atoms with van der Waals surface area (Å²) >= 11 is 5.16. The second kappa shape index (κ2) is 7.14. The van der Waals surface area contributed by atoms with E-state index in [0.29, 0.717) is 12.1 Å². The number of carbonyl (C=O) groups excluding carboxylic acids is 1. The van der Waals surface area contributed by atoms with Crippen molar-refractivity contribution in [3.63, 3.8) is 0 Å². The molecule has 0 atom stereocenters. The van der Waals surface area contributed by atoms with Crippen molar-refractivity contribution in [1.82, 2.24) is 4.90 Å². The SMILES string of the molecule is CSc1ccc(CN(C)C(=O)c2cc(C)cc(Br)c2)cc1. The third-order valence-electron chi connectivity index (χ3n) is 3.21. The van der Waals surface area contributed by atoms with Crippen LogP contribution >= 0.6 is 27.7 Å². The summed E-state index contributed by atoms with van der Waals surface area (Å²) in [7, 11) is 1.83. The molecule has 0 N–H and O–H groups in total. The van der Waals surface area contributed by atoms with Gasteiger partial charge in [0.1, 0.15) is 0 Å². The van der Waals surface area contributed by atoms with Gasteiger partial charge in [0.2, 0.25) is 0 Å². The molecule has 0 bridgehead atoms. The van der Waals surface area contributed by atoms with E-state index in [9.17, 15) is 4.79 Å². The Morgan fingerprint density at radius 1 is 1.19 bits per heavy atom. The number of hydrogen-bond acceptors (Lipinski definition) is 2. The predicted molar refractivity (Wildman–Crippen MR) is 92.9 cm³/mol. The summed E-state index contributed by atoms with van der Waals surface area (Å²) in [6, 6.07) is 14.1. The van der Waals surface area contributed by atoms with Crippen molar-refractivity contribution in [3.8, 4) is 0 Å². The molecule has 0 saturated heterocycles. The molecule has 1 amide bonds. The summed E-state index contributed by atoms with van der Waals surface area (Å²) in [4.78, 5) is 15.5. The molecule has 110 valence electrons. The highest BCUT2D eigenvalue weighted by Gasteiger charge is 2.13. The zero-order chi connectivity index (χ0) is 15.4. The molecule has 0 radical (unpaired) electrons. The third-order valence-corrected chi connectivity index (χ3v) is 4.42. The van der Waals surface area contributed by atoms with E-state index in [4.69, 9.17) is 0 Å². The minimum absolute atomic E-state index is 0.0355. The fourth-order valence-corrected chi connectivity index (χ4v) is 3.17. The third kappa shape index (κ3) is 4.35. The van der Waals surface area contributed by atoms with Crippen molar-refractivity contribution in [1.29, 1.82) is 0 Å². The average molecular weight is 364 g/mol. The molecule has 0 spiro atoms. The van der Waals surface area contributed by atoms with E-state index < -0.39 is 0 Å². The lowest BCUT2D eigenvalue weighted by Crippen LogP contribution is -2.26. The molecule has 0 heterocycles. The maximum absolute atomic E-state index is 12.5.